The van der Waals surface area contributed by atoms with Crippen LogP contribution in [0.3, 0.4) is 0 Å². The molecule has 0 fully saturated rings. The van der Waals surface area contributed by atoms with Gasteiger partial charge in [-0.3, -0.25) is 0 Å². The molecule has 1 aromatic rings. The van der Waals surface area contributed by atoms with Crippen molar-refractivity contribution in [3.63, 3.8) is 0 Å². The molecule has 0 saturated carbocycles. The molecule has 0 amide bonds. The maximum atomic E-state index is 11.9. The highest BCUT2D eigenvalue weighted by atomic mass is 79.9. The Hall–Kier alpha value is -0.720. The second kappa shape index (κ2) is 2.40. The summed E-state index contributed by atoms with van der Waals surface area (Å²) in [4.78, 5) is 0. The highest BCUT2D eigenvalue weighted by Crippen LogP contribution is 2.36. The Balaban J connectivity index is 3.15. The first kappa shape index (κ1) is 8.38. The smallest absolute Gasteiger partial charge is 0.367 e. The Morgan fingerprint density at radius 3 is 2.18 bits per heavy atom. The highest BCUT2D eigenvalue weighted by molar-refractivity contribution is 9.10. The lowest BCUT2D eigenvalue weighted by Gasteiger charge is -1.99. The third-order valence-electron chi connectivity index (χ3n) is 0.928. The Kier molecular flexibility index (Phi) is 1.83. The van der Waals surface area contributed by atoms with Crippen LogP contribution in [0.4, 0.5) is 19.1 Å². The van der Waals surface area contributed by atoms with Gasteiger partial charge in [0.05, 0.1) is 0 Å². The van der Waals surface area contributed by atoms with Crippen LogP contribution in [0.15, 0.2) is 9.00 Å². The van der Waals surface area contributed by atoms with E-state index in [0.717, 1.165) is 0 Å². The summed E-state index contributed by atoms with van der Waals surface area (Å²) >= 11 is 2.58. The van der Waals surface area contributed by atoms with Gasteiger partial charge in [-0.25, -0.2) is 0 Å². The van der Waals surface area contributed by atoms with Crippen molar-refractivity contribution >= 4 is 21.8 Å². The third kappa shape index (κ3) is 1.47. The fourth-order valence-corrected chi connectivity index (χ4v) is 0.837. The minimum Gasteiger partial charge on any atom is -0.367 e. The molecule has 3 nitrogen and oxygen atoms in total. The number of halogens is 4. The van der Waals surface area contributed by atoms with E-state index >= 15 is 0 Å². The standard InChI is InChI=1S/C4H2BrF3N2O/c5-1-2(4(6,7)8)10-11-3(1)9/h9H2. The van der Waals surface area contributed by atoms with E-state index in [1.807, 2.05) is 0 Å². The van der Waals surface area contributed by atoms with Crippen molar-refractivity contribution in [1.82, 2.24) is 5.16 Å². The van der Waals surface area contributed by atoms with E-state index in [4.69, 9.17) is 5.73 Å². The Bertz CT molecular complexity index is 269. The average Bonchev–Trinajstić information content (AvgIpc) is 2.11. The molecule has 1 aromatic heterocycles. The van der Waals surface area contributed by atoms with Gasteiger partial charge in [-0.1, -0.05) is 5.16 Å². The minimum absolute atomic E-state index is 0.356. The molecule has 11 heavy (non-hydrogen) atoms. The van der Waals surface area contributed by atoms with Crippen molar-refractivity contribution in [3.8, 4) is 0 Å². The van der Waals surface area contributed by atoms with Gasteiger partial charge in [-0.05, 0) is 15.9 Å². The molecule has 1 rings (SSSR count). The first-order valence-corrected chi connectivity index (χ1v) is 3.20. The van der Waals surface area contributed by atoms with E-state index in [9.17, 15) is 13.2 Å². The first-order valence-electron chi connectivity index (χ1n) is 2.40. The van der Waals surface area contributed by atoms with Crippen molar-refractivity contribution < 1.29 is 17.7 Å². The molecule has 1 heterocycles. The maximum Gasteiger partial charge on any atom is 0.438 e. The Labute approximate surface area is 67.5 Å². The highest BCUT2D eigenvalue weighted by Gasteiger charge is 2.38. The summed E-state index contributed by atoms with van der Waals surface area (Å²) in [5.41, 5.74) is 3.82. The molecule has 7 heteroatoms. The van der Waals surface area contributed by atoms with E-state index < -0.39 is 11.9 Å². The van der Waals surface area contributed by atoms with E-state index in [0.29, 0.717) is 0 Å². The number of aromatic nitrogens is 1. The van der Waals surface area contributed by atoms with Crippen LogP contribution in [0.5, 0.6) is 0 Å². The zero-order valence-corrected chi connectivity index (χ0v) is 6.53. The summed E-state index contributed by atoms with van der Waals surface area (Å²) in [5, 5.41) is 2.71. The average molecular weight is 231 g/mol. The normalized spacial score (nSPS) is 12.0. The van der Waals surface area contributed by atoms with Crippen LogP contribution >= 0.6 is 15.9 Å². The van der Waals surface area contributed by atoms with Crippen molar-refractivity contribution in [2.75, 3.05) is 5.73 Å². The molecular formula is C4H2BrF3N2O. The predicted octanol–water partition coefficient (Wildman–Crippen LogP) is 2.04. The largest absolute Gasteiger partial charge is 0.438 e. The van der Waals surface area contributed by atoms with Crippen molar-refractivity contribution in [3.05, 3.63) is 10.2 Å². The van der Waals surface area contributed by atoms with Gasteiger partial charge in [0, 0.05) is 0 Å². The SMILES string of the molecule is Nc1onc(C(F)(F)F)c1Br. The molecule has 0 aliphatic rings. The van der Waals surface area contributed by atoms with Crippen molar-refractivity contribution in [2.24, 2.45) is 0 Å². The molecule has 0 aliphatic carbocycles. The topological polar surface area (TPSA) is 52.0 Å². The van der Waals surface area contributed by atoms with Gasteiger partial charge >= 0.3 is 6.18 Å². The molecule has 0 bridgehead atoms. The van der Waals surface area contributed by atoms with Gasteiger partial charge in [0.25, 0.3) is 0 Å². The first-order chi connectivity index (χ1) is 4.93. The molecule has 0 unspecified atom stereocenters. The molecule has 0 atom stereocenters. The lowest BCUT2D eigenvalue weighted by Crippen LogP contribution is -2.05. The monoisotopic (exact) mass is 230 g/mol. The number of hydrogen-bond acceptors (Lipinski definition) is 3. The minimum atomic E-state index is -4.53. The van der Waals surface area contributed by atoms with Crippen LogP contribution in [0.2, 0.25) is 0 Å². The molecule has 2 N–H and O–H groups in total. The van der Waals surface area contributed by atoms with Crippen molar-refractivity contribution in [1.29, 1.82) is 0 Å². The summed E-state index contributed by atoms with van der Waals surface area (Å²) < 4.78 is 39.3. The van der Waals surface area contributed by atoms with E-state index in [-0.39, 0.29) is 10.4 Å². The summed E-state index contributed by atoms with van der Waals surface area (Å²) in [6.07, 6.45) is -4.53. The van der Waals surface area contributed by atoms with E-state index in [1.165, 1.54) is 0 Å². The number of rotatable bonds is 0. The predicted molar refractivity (Wildman–Crippen MR) is 33.6 cm³/mol. The lowest BCUT2D eigenvalue weighted by atomic mass is 10.4. The van der Waals surface area contributed by atoms with Crippen LogP contribution in [0.1, 0.15) is 5.69 Å². The second-order valence-corrected chi connectivity index (χ2v) is 2.50. The quantitative estimate of drug-likeness (QED) is 0.743. The van der Waals surface area contributed by atoms with Gasteiger partial charge in [0.15, 0.2) is 0 Å². The molecular weight excluding hydrogens is 229 g/mol. The summed E-state index contributed by atoms with van der Waals surface area (Å²) in [7, 11) is 0. The zero-order valence-electron chi connectivity index (χ0n) is 4.94. The number of nitrogen functional groups attached to an aromatic ring is 1. The molecule has 0 radical (unpaired) electrons. The van der Waals surface area contributed by atoms with Crippen molar-refractivity contribution in [2.45, 2.75) is 6.18 Å². The number of nitrogens with two attached hydrogens (primary N) is 1. The van der Waals surface area contributed by atoms with Crippen LogP contribution < -0.4 is 5.73 Å². The second-order valence-electron chi connectivity index (χ2n) is 1.71. The van der Waals surface area contributed by atoms with Gasteiger partial charge in [0.1, 0.15) is 4.47 Å². The number of alkyl halides is 3. The fraction of sp³-hybridized carbons (Fsp3) is 0.250. The zero-order chi connectivity index (χ0) is 8.65. The number of hydrogen-bond donors (Lipinski definition) is 1. The lowest BCUT2D eigenvalue weighted by molar-refractivity contribution is -0.143. The van der Waals surface area contributed by atoms with Gasteiger partial charge < -0.3 is 10.3 Å². The molecule has 0 aliphatic heterocycles. The van der Waals surface area contributed by atoms with Crippen LogP contribution in [-0.2, 0) is 6.18 Å². The van der Waals surface area contributed by atoms with Crippen LogP contribution in [0, 0.1) is 0 Å². The van der Waals surface area contributed by atoms with E-state index in [1.54, 1.807) is 0 Å². The third-order valence-corrected chi connectivity index (χ3v) is 1.69. The number of anilines is 1. The maximum absolute atomic E-state index is 11.9. The molecule has 62 valence electrons. The fourth-order valence-electron chi connectivity index (χ4n) is 0.468. The number of nitrogens with zero attached hydrogens (tertiary/aromatic N) is 1. The summed E-state index contributed by atoms with van der Waals surface area (Å²) in [6.45, 7) is 0. The van der Waals surface area contributed by atoms with E-state index in [2.05, 4.69) is 25.6 Å². The van der Waals surface area contributed by atoms with Gasteiger partial charge in [0.2, 0.25) is 11.6 Å². The molecule has 0 spiro atoms. The summed E-state index contributed by atoms with van der Waals surface area (Å²) in [6, 6.07) is 0. The Morgan fingerprint density at radius 1 is 1.45 bits per heavy atom. The van der Waals surface area contributed by atoms with Crippen LogP contribution in [0.25, 0.3) is 0 Å². The molecule has 0 aromatic carbocycles. The Morgan fingerprint density at radius 2 is 2.00 bits per heavy atom. The van der Waals surface area contributed by atoms with Gasteiger partial charge in [-0.15, -0.1) is 0 Å². The van der Waals surface area contributed by atoms with Gasteiger partial charge in [-0.2, -0.15) is 13.2 Å². The summed E-state index contributed by atoms with van der Waals surface area (Å²) in [5.74, 6) is -0.377. The molecule has 0 saturated heterocycles. The van der Waals surface area contributed by atoms with Crippen LogP contribution in [-0.4, -0.2) is 5.16 Å².